The first-order valence-electron chi connectivity index (χ1n) is 5.77. The number of hydrogen-bond donors (Lipinski definition) is 1. The van der Waals surface area contributed by atoms with E-state index >= 15 is 0 Å². The summed E-state index contributed by atoms with van der Waals surface area (Å²) in [5.41, 5.74) is 1.26. The number of hydrogen-bond acceptors (Lipinski definition) is 1. The minimum absolute atomic E-state index is 0.0972. The average Bonchev–Trinajstić information content (AvgIpc) is 2.21. The van der Waals surface area contributed by atoms with Crippen molar-refractivity contribution in [3.63, 3.8) is 0 Å². The van der Waals surface area contributed by atoms with E-state index in [0.717, 1.165) is 0 Å². The van der Waals surface area contributed by atoms with Gasteiger partial charge >= 0.3 is 0 Å². The van der Waals surface area contributed by atoms with E-state index < -0.39 is 0 Å². The highest BCUT2D eigenvalue weighted by Crippen LogP contribution is 2.10. The lowest BCUT2D eigenvalue weighted by atomic mass is 9.98. The lowest BCUT2D eigenvalue weighted by molar-refractivity contribution is 0.498. The van der Waals surface area contributed by atoms with Gasteiger partial charge in [0.25, 0.3) is 0 Å². The largest absolute Gasteiger partial charge is 0.311 e. The van der Waals surface area contributed by atoms with Crippen molar-refractivity contribution in [3.05, 3.63) is 12.2 Å². The molecule has 1 N–H and O–H groups in total. The minimum Gasteiger partial charge on any atom is -0.311 e. The maximum Gasteiger partial charge on any atom is 0.0328 e. The molecule has 0 heterocycles. The summed E-state index contributed by atoms with van der Waals surface area (Å²) in [6.45, 7) is 18.4. The zero-order chi connectivity index (χ0) is 12.2. The van der Waals surface area contributed by atoms with Crippen LogP contribution in [0.3, 0.4) is 0 Å². The second-order valence-electron chi connectivity index (χ2n) is 3.66. The van der Waals surface area contributed by atoms with Gasteiger partial charge in [-0.15, -0.1) is 0 Å². The van der Waals surface area contributed by atoms with E-state index in [0.29, 0.717) is 0 Å². The van der Waals surface area contributed by atoms with E-state index in [1.54, 1.807) is 0 Å². The summed E-state index contributed by atoms with van der Waals surface area (Å²) in [5.74, 6) is 0. The van der Waals surface area contributed by atoms with Crippen LogP contribution in [0.2, 0.25) is 0 Å². The topological polar surface area (TPSA) is 12.0 Å². The molecule has 0 rings (SSSR count). The van der Waals surface area contributed by atoms with Crippen LogP contribution >= 0.6 is 0 Å². The molecular formula is C13H31N. The van der Waals surface area contributed by atoms with Gasteiger partial charge in [0.05, 0.1) is 0 Å². The van der Waals surface area contributed by atoms with Crippen LogP contribution in [0.4, 0.5) is 0 Å². The Morgan fingerprint density at radius 1 is 1.14 bits per heavy atom. The Kier molecular flexibility index (Phi) is 17.5. The van der Waals surface area contributed by atoms with Gasteiger partial charge in [-0.2, -0.15) is 0 Å². The van der Waals surface area contributed by atoms with Gasteiger partial charge in [0.1, 0.15) is 0 Å². The highest BCUT2D eigenvalue weighted by molar-refractivity contribution is 5.08. The van der Waals surface area contributed by atoms with Crippen molar-refractivity contribution in [2.24, 2.45) is 0 Å². The molecule has 88 valence electrons. The van der Waals surface area contributed by atoms with E-state index in [9.17, 15) is 0 Å². The second kappa shape index (κ2) is 12.7. The van der Waals surface area contributed by atoms with Crippen molar-refractivity contribution in [1.29, 1.82) is 0 Å². The van der Waals surface area contributed by atoms with Crippen LogP contribution in [-0.4, -0.2) is 12.6 Å². The van der Waals surface area contributed by atoms with E-state index in [4.69, 9.17) is 0 Å². The summed E-state index contributed by atoms with van der Waals surface area (Å²) < 4.78 is 0. The SMILES string of the molecule is C=C(C)C(C)(C)NC.CC.CCCC. The number of likely N-dealkylation sites (N-methyl/N-ethyl adjacent to an activating group) is 1. The molecule has 0 saturated heterocycles. The fourth-order valence-electron chi connectivity index (χ4n) is 0.213. The van der Waals surface area contributed by atoms with Crippen molar-refractivity contribution in [2.45, 2.75) is 66.8 Å². The third-order valence-electron chi connectivity index (χ3n) is 2.19. The highest BCUT2D eigenvalue weighted by Gasteiger charge is 2.13. The molecule has 0 aliphatic rings. The molecule has 14 heavy (non-hydrogen) atoms. The van der Waals surface area contributed by atoms with Gasteiger partial charge < -0.3 is 5.32 Å². The van der Waals surface area contributed by atoms with Gasteiger partial charge in [-0.1, -0.05) is 52.7 Å². The molecule has 0 atom stereocenters. The van der Waals surface area contributed by atoms with Crippen LogP contribution in [0.5, 0.6) is 0 Å². The fourth-order valence-corrected chi connectivity index (χ4v) is 0.213. The third-order valence-corrected chi connectivity index (χ3v) is 2.19. The predicted octanol–water partition coefficient (Wildman–Crippen LogP) is 4.39. The number of nitrogens with one attached hydrogen (secondary N) is 1. The summed E-state index contributed by atoms with van der Waals surface area (Å²) in [7, 11) is 1.94. The first-order chi connectivity index (χ1) is 6.42. The van der Waals surface area contributed by atoms with E-state index in [1.807, 2.05) is 27.8 Å². The Morgan fingerprint density at radius 2 is 1.43 bits per heavy atom. The molecule has 0 saturated carbocycles. The van der Waals surface area contributed by atoms with Crippen LogP contribution in [0.15, 0.2) is 12.2 Å². The van der Waals surface area contributed by atoms with E-state index in [2.05, 4.69) is 39.6 Å². The van der Waals surface area contributed by atoms with Crippen LogP contribution < -0.4 is 5.32 Å². The van der Waals surface area contributed by atoms with Gasteiger partial charge in [0.2, 0.25) is 0 Å². The summed E-state index contributed by atoms with van der Waals surface area (Å²) in [5, 5.41) is 3.14. The Bertz CT molecular complexity index is 112. The Balaban J connectivity index is -0.000000170. The Hall–Kier alpha value is -0.300. The van der Waals surface area contributed by atoms with E-state index in [-0.39, 0.29) is 5.54 Å². The molecule has 0 aromatic heterocycles. The number of unbranched alkanes of at least 4 members (excludes halogenated alkanes) is 1. The Labute approximate surface area is 92.0 Å². The zero-order valence-electron chi connectivity index (χ0n) is 11.6. The maximum atomic E-state index is 3.84. The quantitative estimate of drug-likeness (QED) is 0.668. The van der Waals surface area contributed by atoms with Crippen LogP contribution in [0.25, 0.3) is 0 Å². The van der Waals surface area contributed by atoms with Gasteiger partial charge in [0.15, 0.2) is 0 Å². The molecule has 0 unspecified atom stereocenters. The summed E-state index contributed by atoms with van der Waals surface area (Å²) in [4.78, 5) is 0. The van der Waals surface area contributed by atoms with Crippen LogP contribution in [0, 0.1) is 0 Å². The fraction of sp³-hybridized carbons (Fsp3) is 0.846. The first-order valence-corrected chi connectivity index (χ1v) is 5.77. The summed E-state index contributed by atoms with van der Waals surface area (Å²) in [6, 6.07) is 0. The molecule has 0 radical (unpaired) electrons. The standard InChI is InChI=1S/C7H15N.C4H10.C2H6/c1-6(2)7(3,4)8-5;1-3-4-2;1-2/h8H,1H2,2-5H3;3-4H2,1-2H3;1-2H3. The predicted molar refractivity (Wildman–Crippen MR) is 69.9 cm³/mol. The van der Waals surface area contributed by atoms with Crippen molar-refractivity contribution >= 4 is 0 Å². The summed E-state index contributed by atoms with van der Waals surface area (Å²) in [6.07, 6.45) is 2.64. The molecule has 0 spiro atoms. The van der Waals surface area contributed by atoms with Gasteiger partial charge in [0, 0.05) is 5.54 Å². The normalized spacial score (nSPS) is 9.14. The molecule has 0 bridgehead atoms. The van der Waals surface area contributed by atoms with E-state index in [1.165, 1.54) is 18.4 Å². The number of rotatable bonds is 3. The minimum atomic E-state index is 0.0972. The molecule has 1 heteroatoms. The monoisotopic (exact) mass is 201 g/mol. The lowest BCUT2D eigenvalue weighted by Crippen LogP contribution is -2.36. The van der Waals surface area contributed by atoms with Gasteiger partial charge in [-0.3, -0.25) is 0 Å². The van der Waals surface area contributed by atoms with Crippen LogP contribution in [-0.2, 0) is 0 Å². The van der Waals surface area contributed by atoms with Crippen molar-refractivity contribution in [1.82, 2.24) is 5.32 Å². The van der Waals surface area contributed by atoms with Crippen LogP contribution in [0.1, 0.15) is 61.3 Å². The molecule has 0 aliphatic heterocycles. The smallest absolute Gasteiger partial charge is 0.0328 e. The van der Waals surface area contributed by atoms with Gasteiger partial charge in [-0.05, 0) is 27.8 Å². The Morgan fingerprint density at radius 3 is 1.43 bits per heavy atom. The molecular weight excluding hydrogens is 170 g/mol. The van der Waals surface area contributed by atoms with Gasteiger partial charge in [-0.25, -0.2) is 0 Å². The first kappa shape index (κ1) is 19.3. The second-order valence-corrected chi connectivity index (χ2v) is 3.66. The van der Waals surface area contributed by atoms with Crippen molar-refractivity contribution in [3.8, 4) is 0 Å². The highest BCUT2D eigenvalue weighted by atomic mass is 14.9. The molecule has 0 aliphatic carbocycles. The molecule has 0 amide bonds. The molecule has 0 fully saturated rings. The third kappa shape index (κ3) is 14.2. The average molecular weight is 201 g/mol. The summed E-state index contributed by atoms with van der Waals surface area (Å²) >= 11 is 0. The molecule has 0 aromatic carbocycles. The molecule has 0 aromatic rings. The van der Waals surface area contributed by atoms with Crippen molar-refractivity contribution < 1.29 is 0 Å². The molecule has 1 nitrogen and oxygen atoms in total. The van der Waals surface area contributed by atoms with Crippen molar-refractivity contribution in [2.75, 3.05) is 7.05 Å². The lowest BCUT2D eigenvalue weighted by Gasteiger charge is -2.23. The zero-order valence-corrected chi connectivity index (χ0v) is 11.6. The maximum absolute atomic E-state index is 3.84.